The van der Waals surface area contributed by atoms with Gasteiger partial charge in [-0.05, 0) is 50.8 Å². The van der Waals surface area contributed by atoms with E-state index >= 15 is 0 Å². The molecular weight excluding hydrogens is 661 g/mol. The first-order valence-electron chi connectivity index (χ1n) is 16.7. The van der Waals surface area contributed by atoms with Gasteiger partial charge in [-0.2, -0.15) is 13.2 Å². The molecule has 1 saturated heterocycles. The van der Waals surface area contributed by atoms with Crippen molar-refractivity contribution in [1.82, 2.24) is 20.1 Å². The van der Waals surface area contributed by atoms with Crippen molar-refractivity contribution in [2.24, 2.45) is 17.8 Å². The number of carbonyl (C=O) groups excluding carboxylic acids is 3. The molecule has 0 saturated carbocycles. The minimum Gasteiger partial charge on any atom is -0.481 e. The molecule has 1 aliphatic heterocycles. The molecule has 3 rings (SSSR count). The summed E-state index contributed by atoms with van der Waals surface area (Å²) in [5.74, 6) is -5.28. The summed E-state index contributed by atoms with van der Waals surface area (Å²) in [6, 6.07) is 7.61. The third-order valence-corrected chi connectivity index (χ3v) is 10.2. The van der Waals surface area contributed by atoms with Crippen LogP contribution in [0.4, 0.5) is 13.2 Å². The number of nitrogens with one attached hydrogen (secondary N) is 1. The van der Waals surface area contributed by atoms with Crippen LogP contribution in [0.1, 0.15) is 92.9 Å². The summed E-state index contributed by atoms with van der Waals surface area (Å²) in [6.45, 7) is 5.80. The van der Waals surface area contributed by atoms with E-state index in [0.29, 0.717) is 19.4 Å². The highest BCUT2D eigenvalue weighted by Crippen LogP contribution is 2.32. The highest BCUT2D eigenvalue weighted by molar-refractivity contribution is 7.09. The van der Waals surface area contributed by atoms with Gasteiger partial charge >= 0.3 is 12.1 Å². The van der Waals surface area contributed by atoms with Gasteiger partial charge in [-0.15, -0.1) is 11.3 Å². The minimum atomic E-state index is -4.66. The molecule has 3 N–H and O–H groups in total. The Bertz CT molecular complexity index is 1410. The van der Waals surface area contributed by atoms with Gasteiger partial charge in [0.25, 0.3) is 5.91 Å². The second-order valence-corrected chi connectivity index (χ2v) is 14.5. The summed E-state index contributed by atoms with van der Waals surface area (Å²) in [7, 11) is 3.16. The zero-order chi connectivity index (χ0) is 36.5. The lowest BCUT2D eigenvalue weighted by Crippen LogP contribution is -2.47. The highest BCUT2D eigenvalue weighted by Gasteiger charge is 2.41. The number of amides is 2. The smallest absolute Gasteiger partial charge is 0.389 e. The Labute approximate surface area is 290 Å². The number of hydrogen-bond donors (Lipinski definition) is 3. The molecule has 14 heteroatoms. The molecule has 49 heavy (non-hydrogen) atoms. The molecule has 0 aliphatic carbocycles. The number of aliphatic hydroxyl groups is 1. The fourth-order valence-corrected chi connectivity index (χ4v) is 7.27. The van der Waals surface area contributed by atoms with Gasteiger partial charge in [-0.25, -0.2) is 4.98 Å². The van der Waals surface area contributed by atoms with Crippen molar-refractivity contribution in [2.75, 3.05) is 20.6 Å². The molecule has 1 aromatic heterocycles. The van der Waals surface area contributed by atoms with Crippen LogP contribution in [0.25, 0.3) is 0 Å². The third-order valence-electron chi connectivity index (χ3n) is 9.26. The van der Waals surface area contributed by atoms with Gasteiger partial charge in [0.2, 0.25) is 5.91 Å². The van der Waals surface area contributed by atoms with Crippen LogP contribution in [-0.2, 0) is 20.8 Å². The number of likely N-dealkylation sites (N-methyl/N-ethyl adjacent to an activating group) is 1. The van der Waals surface area contributed by atoms with E-state index in [9.17, 15) is 42.6 Å². The number of aliphatic hydroxyl groups excluding tert-OH is 1. The average molecular weight is 711 g/mol. The van der Waals surface area contributed by atoms with Crippen molar-refractivity contribution in [3.8, 4) is 0 Å². The van der Waals surface area contributed by atoms with E-state index in [2.05, 4.69) is 10.3 Å². The molecule has 2 aromatic rings. The van der Waals surface area contributed by atoms with E-state index < -0.39 is 72.9 Å². The maximum Gasteiger partial charge on any atom is 0.389 e. The lowest BCUT2D eigenvalue weighted by Gasteiger charge is -2.36. The molecule has 6 atom stereocenters. The first-order valence-corrected chi connectivity index (χ1v) is 17.6. The number of thiazole rings is 1. The zero-order valence-corrected chi connectivity index (χ0v) is 29.6. The number of carbonyl (C=O) groups is 4. The number of aromatic nitrogens is 1. The number of nitrogens with zero attached hydrogens (tertiary/aromatic N) is 3. The first-order chi connectivity index (χ1) is 23.0. The number of hydrogen-bond acceptors (Lipinski definition) is 8. The number of alkyl halides is 3. The van der Waals surface area contributed by atoms with Crippen LogP contribution in [0.2, 0.25) is 0 Å². The topological polar surface area (TPSA) is 140 Å². The zero-order valence-electron chi connectivity index (χ0n) is 28.8. The Morgan fingerprint density at radius 1 is 1.10 bits per heavy atom. The largest absolute Gasteiger partial charge is 0.481 e. The Morgan fingerprint density at radius 2 is 1.78 bits per heavy atom. The molecule has 0 unspecified atom stereocenters. The first kappa shape index (κ1) is 40.1. The number of aliphatic carboxylic acids is 1. The molecule has 1 fully saturated rings. The van der Waals surface area contributed by atoms with E-state index in [4.69, 9.17) is 0 Å². The normalized spacial score (nSPS) is 18.7. The summed E-state index contributed by atoms with van der Waals surface area (Å²) in [5, 5.41) is 25.1. The van der Waals surface area contributed by atoms with E-state index in [1.54, 1.807) is 27.8 Å². The molecule has 1 aromatic carbocycles. The molecule has 2 heterocycles. The molecule has 0 spiro atoms. The van der Waals surface area contributed by atoms with Crippen molar-refractivity contribution in [3.05, 3.63) is 52.0 Å². The Morgan fingerprint density at radius 3 is 2.37 bits per heavy atom. The Balaban J connectivity index is 1.72. The van der Waals surface area contributed by atoms with Crippen LogP contribution in [0.15, 0.2) is 35.7 Å². The maximum atomic E-state index is 13.6. The summed E-state index contributed by atoms with van der Waals surface area (Å²) in [6.07, 6.45) is -5.07. The molecule has 272 valence electrons. The number of benzene rings is 1. The van der Waals surface area contributed by atoms with Gasteiger partial charge in [0.05, 0.1) is 24.3 Å². The van der Waals surface area contributed by atoms with Crippen LogP contribution in [0, 0.1) is 17.8 Å². The minimum absolute atomic E-state index is 0.0297. The molecular formula is C35H49F3N4O6S. The third kappa shape index (κ3) is 12.2. The van der Waals surface area contributed by atoms with E-state index in [-0.39, 0.29) is 35.2 Å². The number of ketones is 1. The van der Waals surface area contributed by atoms with Crippen LogP contribution >= 0.6 is 11.3 Å². The lowest BCUT2D eigenvalue weighted by atomic mass is 9.88. The molecule has 10 nitrogen and oxygen atoms in total. The van der Waals surface area contributed by atoms with Crippen LogP contribution < -0.4 is 5.32 Å². The Hall–Kier alpha value is -3.36. The van der Waals surface area contributed by atoms with Gasteiger partial charge in [-0.1, -0.05) is 57.5 Å². The van der Waals surface area contributed by atoms with Crippen molar-refractivity contribution >= 4 is 34.9 Å². The fraction of sp³-hybridized carbons (Fsp3) is 0.629. The molecule has 1 aliphatic rings. The van der Waals surface area contributed by atoms with Gasteiger partial charge < -0.3 is 20.4 Å². The summed E-state index contributed by atoms with van der Waals surface area (Å²) < 4.78 is 40.9. The maximum absolute atomic E-state index is 13.6. The fourth-order valence-electron chi connectivity index (χ4n) is 6.47. The summed E-state index contributed by atoms with van der Waals surface area (Å²) in [4.78, 5) is 58.8. The summed E-state index contributed by atoms with van der Waals surface area (Å²) in [5.41, 5.74) is 0.948. The lowest BCUT2D eigenvalue weighted by molar-refractivity contribution is -0.163. The van der Waals surface area contributed by atoms with Crippen molar-refractivity contribution in [1.29, 1.82) is 0 Å². The number of carboxylic acid groups (broad SMARTS) is 1. The number of carboxylic acids is 1. The number of halogens is 3. The molecule has 0 bridgehead atoms. The molecule has 2 amide bonds. The Kier molecular flexibility index (Phi) is 14.8. The van der Waals surface area contributed by atoms with Gasteiger partial charge in [0.1, 0.15) is 16.8 Å². The quantitative estimate of drug-likeness (QED) is 0.195. The second kappa shape index (κ2) is 18.0. The van der Waals surface area contributed by atoms with E-state index in [1.807, 2.05) is 35.2 Å². The van der Waals surface area contributed by atoms with Gasteiger partial charge in [-0.3, -0.25) is 24.1 Å². The number of likely N-dealkylation sites (tertiary alicyclic amines) is 1. The summed E-state index contributed by atoms with van der Waals surface area (Å²) >= 11 is 1.03. The number of Topliss-reactive ketones (excluding diaryl/α,β-unsaturated/α-hetero) is 1. The van der Waals surface area contributed by atoms with E-state index in [0.717, 1.165) is 29.7 Å². The number of piperidine rings is 1. The SMILES string of the molecule is CC(C)[C@@H](C[C@@H](O)c1nc(C(=O)N[C@@H](Cc2ccccc2)C[C@H](C)C(=O)O)cs1)N(C)C(=O)[C@@H](CC(=O)[C@H]1CCCCN1C)CC(F)(F)F. The monoisotopic (exact) mass is 710 g/mol. The second-order valence-electron chi connectivity index (χ2n) is 13.6. The van der Waals surface area contributed by atoms with Crippen LogP contribution in [-0.4, -0.2) is 93.5 Å². The van der Waals surface area contributed by atoms with Gasteiger partial charge in [0.15, 0.2) is 5.78 Å². The molecule has 0 radical (unpaired) electrons. The average Bonchev–Trinajstić information content (AvgIpc) is 3.53. The van der Waals surface area contributed by atoms with Crippen LogP contribution in [0.5, 0.6) is 0 Å². The van der Waals surface area contributed by atoms with Crippen LogP contribution in [0.3, 0.4) is 0 Å². The number of rotatable bonds is 17. The standard InChI is InChI=1S/C35H49F3N4O6S/c1-21(2)28(42(5)33(46)24(19-35(36,37)38)17-29(43)27-13-9-10-14-41(27)4)18-30(44)32-40-26(20-49-32)31(45)39-25(15-22(3)34(47)48)16-23-11-7-6-8-12-23/h6-8,11-12,20-22,24-25,27-28,30,44H,9-10,13-19H2,1-5H3,(H,39,45)(H,47,48)/t22-,24-,25+,27+,28+,30+/m0/s1. The van der Waals surface area contributed by atoms with Crippen molar-refractivity contribution in [2.45, 2.75) is 103 Å². The van der Waals surface area contributed by atoms with E-state index in [1.165, 1.54) is 17.3 Å². The van der Waals surface area contributed by atoms with Crippen molar-refractivity contribution < 1.29 is 42.6 Å². The van der Waals surface area contributed by atoms with Crippen molar-refractivity contribution in [3.63, 3.8) is 0 Å². The predicted molar refractivity (Wildman–Crippen MR) is 180 cm³/mol. The predicted octanol–water partition coefficient (Wildman–Crippen LogP) is 5.51. The van der Waals surface area contributed by atoms with Gasteiger partial charge in [0, 0.05) is 37.4 Å². The highest BCUT2D eigenvalue weighted by atomic mass is 32.1.